The van der Waals surface area contributed by atoms with Crippen molar-refractivity contribution >= 4 is 16.6 Å². The summed E-state index contributed by atoms with van der Waals surface area (Å²) in [6.45, 7) is 5.66. The molecule has 0 saturated carbocycles. The lowest BCUT2D eigenvalue weighted by Crippen LogP contribution is -2.46. The zero-order valence-corrected chi connectivity index (χ0v) is 15.3. The van der Waals surface area contributed by atoms with E-state index in [2.05, 4.69) is 69.4 Å². The molecule has 4 rings (SSSR count). The Bertz CT molecular complexity index is 818. The summed E-state index contributed by atoms with van der Waals surface area (Å²) in [4.78, 5) is 9.55. The fraction of sp³-hybridized carbons (Fsp3) is 0.348. The molecule has 133 valence electrons. The summed E-state index contributed by atoms with van der Waals surface area (Å²) in [5.41, 5.74) is 3.77. The van der Waals surface area contributed by atoms with Crippen LogP contribution < -0.4 is 4.90 Å². The van der Waals surface area contributed by atoms with Gasteiger partial charge in [0, 0.05) is 43.4 Å². The average molecular weight is 344 g/mol. The SMILES string of the molecule is [c]1ccnc2cccc(N3CCN(CCCCc4ccccc4)CC3)c12. The minimum Gasteiger partial charge on any atom is -0.368 e. The van der Waals surface area contributed by atoms with Crippen LogP contribution in [0.4, 0.5) is 5.69 Å². The van der Waals surface area contributed by atoms with Crippen LogP contribution in [0.1, 0.15) is 18.4 Å². The molecule has 1 aliphatic rings. The van der Waals surface area contributed by atoms with Crippen LogP contribution in [0.15, 0.2) is 60.8 Å². The Morgan fingerprint density at radius 3 is 2.58 bits per heavy atom. The second-order valence-electron chi connectivity index (χ2n) is 7.03. The van der Waals surface area contributed by atoms with Crippen LogP contribution in [0.25, 0.3) is 10.9 Å². The Morgan fingerprint density at radius 1 is 0.885 bits per heavy atom. The molecule has 3 aromatic rings. The third-order valence-electron chi connectivity index (χ3n) is 5.28. The van der Waals surface area contributed by atoms with Gasteiger partial charge >= 0.3 is 0 Å². The quantitative estimate of drug-likeness (QED) is 0.625. The maximum atomic E-state index is 4.46. The van der Waals surface area contributed by atoms with E-state index in [0.29, 0.717) is 0 Å². The van der Waals surface area contributed by atoms with Crippen LogP contribution in [0.2, 0.25) is 0 Å². The molecule has 0 atom stereocenters. The summed E-state index contributed by atoms with van der Waals surface area (Å²) < 4.78 is 0. The van der Waals surface area contributed by atoms with E-state index in [1.54, 1.807) is 0 Å². The number of hydrogen-bond acceptors (Lipinski definition) is 3. The molecule has 2 aromatic carbocycles. The molecule has 1 saturated heterocycles. The number of anilines is 1. The first-order valence-electron chi connectivity index (χ1n) is 9.67. The van der Waals surface area contributed by atoms with Gasteiger partial charge in [-0.2, -0.15) is 0 Å². The molecule has 3 heteroatoms. The summed E-state index contributed by atoms with van der Waals surface area (Å²) in [5, 5.41) is 1.14. The number of rotatable bonds is 6. The molecule has 0 spiro atoms. The lowest BCUT2D eigenvalue weighted by Gasteiger charge is -2.36. The standard InChI is InChI=1S/C23H26N3/c1-2-8-20(9-3-1)10-4-5-15-25-16-18-26(19-17-25)23-13-6-12-22-21(23)11-7-14-24-22/h1-3,6-9,12-14H,4-5,10,15-19H2. The van der Waals surface area contributed by atoms with Crippen molar-refractivity contribution in [3.63, 3.8) is 0 Å². The highest BCUT2D eigenvalue weighted by atomic mass is 15.3. The monoisotopic (exact) mass is 344 g/mol. The molecule has 3 nitrogen and oxygen atoms in total. The van der Waals surface area contributed by atoms with Gasteiger partial charge < -0.3 is 4.90 Å². The number of pyridine rings is 1. The maximum absolute atomic E-state index is 4.46. The summed E-state index contributed by atoms with van der Waals surface area (Å²) in [7, 11) is 0. The molecule has 1 radical (unpaired) electrons. The van der Waals surface area contributed by atoms with Crippen LogP contribution in [0.3, 0.4) is 0 Å². The van der Waals surface area contributed by atoms with Gasteiger partial charge in [-0.05, 0) is 55.6 Å². The number of aryl methyl sites for hydroxylation is 1. The van der Waals surface area contributed by atoms with Crippen LogP contribution in [0, 0.1) is 6.07 Å². The van der Waals surface area contributed by atoms with Crippen molar-refractivity contribution in [1.29, 1.82) is 0 Å². The highest BCUT2D eigenvalue weighted by Gasteiger charge is 2.18. The van der Waals surface area contributed by atoms with E-state index in [1.165, 1.54) is 37.1 Å². The van der Waals surface area contributed by atoms with Crippen LogP contribution >= 0.6 is 0 Å². The van der Waals surface area contributed by atoms with Crippen LogP contribution in [0.5, 0.6) is 0 Å². The summed E-state index contributed by atoms with van der Waals surface area (Å²) >= 11 is 0. The van der Waals surface area contributed by atoms with Gasteiger partial charge in [-0.1, -0.05) is 36.4 Å². The third-order valence-corrected chi connectivity index (χ3v) is 5.28. The average Bonchev–Trinajstić information content (AvgIpc) is 2.72. The second kappa shape index (κ2) is 8.33. The number of unbranched alkanes of at least 4 members (excludes halogenated alkanes) is 1. The molecule has 1 fully saturated rings. The van der Waals surface area contributed by atoms with E-state index in [0.717, 1.165) is 37.1 Å². The van der Waals surface area contributed by atoms with E-state index in [4.69, 9.17) is 0 Å². The summed E-state index contributed by atoms with van der Waals surface area (Å²) in [5.74, 6) is 0. The van der Waals surface area contributed by atoms with Gasteiger partial charge in [-0.3, -0.25) is 9.88 Å². The summed E-state index contributed by atoms with van der Waals surface area (Å²) in [6.07, 6.45) is 5.56. The molecule has 1 aromatic heterocycles. The number of aromatic nitrogens is 1. The molecule has 0 bridgehead atoms. The van der Waals surface area contributed by atoms with Gasteiger partial charge in [-0.15, -0.1) is 0 Å². The van der Waals surface area contributed by atoms with Crippen molar-refractivity contribution in [3.05, 3.63) is 72.4 Å². The van der Waals surface area contributed by atoms with Crippen molar-refractivity contribution in [2.45, 2.75) is 19.3 Å². The van der Waals surface area contributed by atoms with E-state index in [9.17, 15) is 0 Å². The lowest BCUT2D eigenvalue weighted by atomic mass is 10.1. The first kappa shape index (κ1) is 17.0. The van der Waals surface area contributed by atoms with Gasteiger partial charge in [0.15, 0.2) is 0 Å². The van der Waals surface area contributed by atoms with Crippen LogP contribution in [-0.4, -0.2) is 42.6 Å². The number of fused-ring (bicyclic) bond motifs is 1. The molecule has 26 heavy (non-hydrogen) atoms. The topological polar surface area (TPSA) is 19.4 Å². The zero-order chi connectivity index (χ0) is 17.6. The van der Waals surface area contributed by atoms with E-state index >= 15 is 0 Å². The van der Waals surface area contributed by atoms with Gasteiger partial charge in [0.1, 0.15) is 0 Å². The molecule has 0 amide bonds. The molecule has 2 heterocycles. The Balaban J connectivity index is 1.26. The lowest BCUT2D eigenvalue weighted by molar-refractivity contribution is 0.253. The maximum Gasteiger partial charge on any atom is 0.0729 e. The van der Waals surface area contributed by atoms with Gasteiger partial charge in [0.25, 0.3) is 0 Å². The second-order valence-corrected chi connectivity index (χ2v) is 7.03. The van der Waals surface area contributed by atoms with E-state index in [-0.39, 0.29) is 0 Å². The minimum atomic E-state index is 1.04. The molecule has 0 aliphatic carbocycles. The van der Waals surface area contributed by atoms with Crippen molar-refractivity contribution in [1.82, 2.24) is 9.88 Å². The van der Waals surface area contributed by atoms with Crippen molar-refractivity contribution in [2.24, 2.45) is 0 Å². The van der Waals surface area contributed by atoms with Crippen molar-refractivity contribution in [3.8, 4) is 0 Å². The van der Waals surface area contributed by atoms with Gasteiger partial charge in [0.2, 0.25) is 0 Å². The van der Waals surface area contributed by atoms with Crippen molar-refractivity contribution in [2.75, 3.05) is 37.6 Å². The first-order chi connectivity index (χ1) is 12.9. The Kier molecular flexibility index (Phi) is 5.46. The Morgan fingerprint density at radius 2 is 1.73 bits per heavy atom. The van der Waals surface area contributed by atoms with E-state index in [1.807, 2.05) is 12.3 Å². The van der Waals surface area contributed by atoms with Crippen molar-refractivity contribution < 1.29 is 0 Å². The number of benzene rings is 2. The highest BCUT2D eigenvalue weighted by Crippen LogP contribution is 2.26. The molecular weight excluding hydrogens is 318 g/mol. The number of hydrogen-bond donors (Lipinski definition) is 0. The fourth-order valence-corrected chi connectivity index (χ4v) is 3.81. The number of nitrogens with zero attached hydrogens (tertiary/aromatic N) is 3. The third kappa shape index (κ3) is 4.05. The largest absolute Gasteiger partial charge is 0.368 e. The summed E-state index contributed by atoms with van der Waals surface area (Å²) in [6, 6.07) is 22.5. The zero-order valence-electron chi connectivity index (χ0n) is 15.3. The molecule has 0 unspecified atom stereocenters. The van der Waals surface area contributed by atoms with Gasteiger partial charge in [-0.25, -0.2) is 0 Å². The Hall–Kier alpha value is -2.39. The van der Waals surface area contributed by atoms with Gasteiger partial charge in [0.05, 0.1) is 5.52 Å². The normalized spacial score (nSPS) is 15.5. The minimum absolute atomic E-state index is 1.04. The highest BCUT2D eigenvalue weighted by molar-refractivity contribution is 5.91. The fourth-order valence-electron chi connectivity index (χ4n) is 3.81. The molecular formula is C23H26N3. The molecule has 1 aliphatic heterocycles. The first-order valence-corrected chi connectivity index (χ1v) is 9.67. The smallest absolute Gasteiger partial charge is 0.0729 e. The predicted molar refractivity (Wildman–Crippen MR) is 109 cm³/mol. The predicted octanol–water partition coefficient (Wildman–Crippen LogP) is 4.18. The number of piperazine rings is 1. The van der Waals surface area contributed by atoms with E-state index < -0.39 is 0 Å². The molecule has 0 N–H and O–H groups in total. The Labute approximate surface area is 156 Å². The van der Waals surface area contributed by atoms with Crippen LogP contribution in [-0.2, 0) is 6.42 Å².